The molecule has 6 heteroatoms. The van der Waals surface area contributed by atoms with Crippen molar-refractivity contribution in [1.82, 2.24) is 9.62 Å². The molecule has 4 nitrogen and oxygen atoms in total. The number of sulfonamides is 1. The molecule has 0 aliphatic rings. The van der Waals surface area contributed by atoms with Crippen LogP contribution in [-0.2, 0) is 23.0 Å². The number of rotatable bonds is 7. The molecule has 17 heavy (non-hydrogen) atoms. The van der Waals surface area contributed by atoms with Gasteiger partial charge in [0.1, 0.15) is 0 Å². The lowest BCUT2D eigenvalue weighted by atomic mass is 10.3. The Morgan fingerprint density at radius 3 is 2.47 bits per heavy atom. The van der Waals surface area contributed by atoms with Crippen LogP contribution in [0.25, 0.3) is 0 Å². The summed E-state index contributed by atoms with van der Waals surface area (Å²) in [5, 5.41) is 3.15. The van der Waals surface area contributed by atoms with Gasteiger partial charge in [0.15, 0.2) is 0 Å². The van der Waals surface area contributed by atoms with Crippen LogP contribution in [0.2, 0.25) is 0 Å². The third kappa shape index (κ3) is 4.75. The van der Waals surface area contributed by atoms with E-state index in [2.05, 4.69) is 24.4 Å². The van der Waals surface area contributed by atoms with E-state index in [1.807, 2.05) is 0 Å². The van der Waals surface area contributed by atoms with Crippen molar-refractivity contribution < 1.29 is 8.42 Å². The minimum absolute atomic E-state index is 0.145. The summed E-state index contributed by atoms with van der Waals surface area (Å²) in [5.41, 5.74) is 0. The maximum absolute atomic E-state index is 11.5. The van der Waals surface area contributed by atoms with Crippen LogP contribution in [0.15, 0.2) is 12.1 Å². The summed E-state index contributed by atoms with van der Waals surface area (Å²) in [7, 11) is 0.0375. The molecular weight excluding hydrogens is 256 g/mol. The first kappa shape index (κ1) is 14.6. The fourth-order valence-electron chi connectivity index (χ4n) is 1.30. The zero-order valence-corrected chi connectivity index (χ0v) is 12.2. The lowest BCUT2D eigenvalue weighted by Crippen LogP contribution is -2.30. The van der Waals surface area contributed by atoms with Gasteiger partial charge < -0.3 is 5.32 Å². The molecule has 1 aromatic rings. The largest absolute Gasteiger partial charge is 0.311 e. The number of thiophene rings is 1. The average Bonchev–Trinajstić information content (AvgIpc) is 2.72. The molecule has 0 bridgehead atoms. The first-order chi connectivity index (χ1) is 7.95. The summed E-state index contributed by atoms with van der Waals surface area (Å²) >= 11 is 1.77. The lowest BCUT2D eigenvalue weighted by Gasteiger charge is -2.11. The van der Waals surface area contributed by atoms with E-state index in [4.69, 9.17) is 0 Å². The first-order valence-corrected chi connectivity index (χ1v) is 8.06. The van der Waals surface area contributed by atoms with Gasteiger partial charge in [-0.15, -0.1) is 11.3 Å². The summed E-state index contributed by atoms with van der Waals surface area (Å²) in [6.45, 7) is 3.36. The molecule has 0 unspecified atom stereocenters. The van der Waals surface area contributed by atoms with Crippen molar-refractivity contribution in [3.8, 4) is 0 Å². The second-order valence-corrected chi connectivity index (χ2v) is 7.55. The van der Waals surface area contributed by atoms with E-state index < -0.39 is 10.0 Å². The topological polar surface area (TPSA) is 49.4 Å². The average molecular weight is 276 g/mol. The van der Waals surface area contributed by atoms with Crippen LogP contribution in [0.3, 0.4) is 0 Å². The molecule has 1 N–H and O–H groups in total. The second-order valence-electron chi connectivity index (χ2n) is 4.00. The van der Waals surface area contributed by atoms with Gasteiger partial charge >= 0.3 is 0 Å². The number of aryl methyl sites for hydroxylation is 1. The predicted octanol–water partition coefficient (Wildman–Crippen LogP) is 1.29. The van der Waals surface area contributed by atoms with Crippen LogP contribution in [0.5, 0.6) is 0 Å². The van der Waals surface area contributed by atoms with Crippen molar-refractivity contribution in [2.45, 2.75) is 19.9 Å². The molecule has 0 saturated carbocycles. The summed E-state index contributed by atoms with van der Waals surface area (Å²) in [6.07, 6.45) is 1.06. The smallest absolute Gasteiger partial charge is 0.214 e. The van der Waals surface area contributed by atoms with Gasteiger partial charge in [0, 0.05) is 36.9 Å². The van der Waals surface area contributed by atoms with Gasteiger partial charge in [0.25, 0.3) is 0 Å². The standard InChI is InChI=1S/C11H20N2O2S2/c1-4-10-5-6-11(16-10)9-12-7-8-17(14,15)13(2)3/h5-6,12H,4,7-9H2,1-3H3. The third-order valence-corrected chi connectivity index (χ3v) is 5.52. The van der Waals surface area contributed by atoms with Crippen molar-refractivity contribution in [3.63, 3.8) is 0 Å². The van der Waals surface area contributed by atoms with Gasteiger partial charge in [-0.05, 0) is 18.6 Å². The number of hydrogen-bond acceptors (Lipinski definition) is 4. The fourth-order valence-corrected chi connectivity index (χ4v) is 3.00. The summed E-state index contributed by atoms with van der Waals surface area (Å²) in [4.78, 5) is 2.62. The first-order valence-electron chi connectivity index (χ1n) is 5.64. The van der Waals surface area contributed by atoms with Gasteiger partial charge in [-0.2, -0.15) is 0 Å². The Bertz CT molecular complexity index is 438. The molecule has 0 amide bonds. The molecule has 1 heterocycles. The van der Waals surface area contributed by atoms with Crippen molar-refractivity contribution >= 4 is 21.4 Å². The number of hydrogen-bond donors (Lipinski definition) is 1. The highest BCUT2D eigenvalue weighted by molar-refractivity contribution is 7.89. The lowest BCUT2D eigenvalue weighted by molar-refractivity contribution is 0.517. The Kier molecular flexibility index (Phi) is 5.58. The zero-order valence-electron chi connectivity index (χ0n) is 10.6. The molecule has 0 atom stereocenters. The molecule has 1 aromatic heterocycles. The summed E-state index contributed by atoms with van der Waals surface area (Å²) in [5.74, 6) is 0.145. The minimum atomic E-state index is -3.08. The summed E-state index contributed by atoms with van der Waals surface area (Å²) < 4.78 is 24.2. The molecule has 0 aliphatic carbocycles. The van der Waals surface area contributed by atoms with E-state index in [-0.39, 0.29) is 5.75 Å². The molecule has 0 spiro atoms. The van der Waals surface area contributed by atoms with Crippen LogP contribution in [0.4, 0.5) is 0 Å². The van der Waals surface area contributed by atoms with Crippen LogP contribution < -0.4 is 5.32 Å². The number of nitrogens with zero attached hydrogens (tertiary/aromatic N) is 1. The van der Waals surface area contributed by atoms with Gasteiger partial charge in [0.2, 0.25) is 10.0 Å². The van der Waals surface area contributed by atoms with Crippen molar-refractivity contribution in [2.75, 3.05) is 26.4 Å². The second kappa shape index (κ2) is 6.49. The van der Waals surface area contributed by atoms with Crippen molar-refractivity contribution in [3.05, 3.63) is 21.9 Å². The van der Waals surface area contributed by atoms with E-state index in [9.17, 15) is 8.42 Å². The van der Waals surface area contributed by atoms with Crippen LogP contribution in [0.1, 0.15) is 16.7 Å². The maximum atomic E-state index is 11.5. The predicted molar refractivity (Wildman–Crippen MR) is 72.9 cm³/mol. The molecule has 98 valence electrons. The van der Waals surface area contributed by atoms with E-state index in [0.29, 0.717) is 6.54 Å². The highest BCUT2D eigenvalue weighted by atomic mass is 32.2. The Hall–Kier alpha value is -0.430. The molecule has 0 aliphatic heterocycles. The van der Waals surface area contributed by atoms with E-state index in [1.165, 1.54) is 14.1 Å². The zero-order chi connectivity index (χ0) is 12.9. The van der Waals surface area contributed by atoms with E-state index in [1.54, 1.807) is 25.4 Å². The van der Waals surface area contributed by atoms with Gasteiger partial charge in [-0.3, -0.25) is 0 Å². The molecule has 0 radical (unpaired) electrons. The Balaban J connectivity index is 2.29. The highest BCUT2D eigenvalue weighted by Gasteiger charge is 2.12. The number of nitrogens with one attached hydrogen (secondary N) is 1. The molecular formula is C11H20N2O2S2. The maximum Gasteiger partial charge on any atom is 0.214 e. The van der Waals surface area contributed by atoms with Gasteiger partial charge in [0.05, 0.1) is 5.75 Å². The quantitative estimate of drug-likeness (QED) is 0.764. The van der Waals surface area contributed by atoms with Gasteiger partial charge in [-0.1, -0.05) is 6.92 Å². The fraction of sp³-hybridized carbons (Fsp3) is 0.636. The summed E-state index contributed by atoms with van der Waals surface area (Å²) in [6, 6.07) is 4.22. The molecule has 0 saturated heterocycles. The normalized spacial score (nSPS) is 12.2. The van der Waals surface area contributed by atoms with E-state index >= 15 is 0 Å². The van der Waals surface area contributed by atoms with Crippen molar-refractivity contribution in [2.24, 2.45) is 0 Å². The van der Waals surface area contributed by atoms with Crippen LogP contribution in [-0.4, -0.2) is 39.1 Å². The minimum Gasteiger partial charge on any atom is -0.311 e. The van der Waals surface area contributed by atoms with Gasteiger partial charge in [-0.25, -0.2) is 12.7 Å². The SMILES string of the molecule is CCc1ccc(CNCCS(=O)(=O)N(C)C)s1. The molecule has 0 aromatic carbocycles. The highest BCUT2D eigenvalue weighted by Crippen LogP contribution is 2.16. The monoisotopic (exact) mass is 276 g/mol. The van der Waals surface area contributed by atoms with E-state index in [0.717, 1.165) is 13.0 Å². The Morgan fingerprint density at radius 2 is 1.94 bits per heavy atom. The molecule has 1 rings (SSSR count). The van der Waals surface area contributed by atoms with Crippen LogP contribution >= 0.6 is 11.3 Å². The Morgan fingerprint density at radius 1 is 1.29 bits per heavy atom. The third-order valence-electron chi connectivity index (χ3n) is 2.46. The van der Waals surface area contributed by atoms with Crippen LogP contribution in [0, 0.1) is 0 Å². The van der Waals surface area contributed by atoms with Crippen molar-refractivity contribution in [1.29, 1.82) is 0 Å². The molecule has 0 fully saturated rings. The Labute approximate surface area is 108 Å².